The molecule has 4 rings (SSSR count). The molecule has 6 heteroatoms. The van der Waals surface area contributed by atoms with Gasteiger partial charge >= 0.3 is 0 Å². The maximum atomic E-state index is 4.94. The van der Waals surface area contributed by atoms with Crippen LogP contribution in [0, 0.1) is 13.8 Å². The molecule has 0 amide bonds. The fourth-order valence-corrected chi connectivity index (χ4v) is 3.77. The number of benzene rings is 1. The predicted molar refractivity (Wildman–Crippen MR) is 119 cm³/mol. The van der Waals surface area contributed by atoms with Crippen LogP contribution in [0.2, 0.25) is 0 Å². The minimum absolute atomic E-state index is 0.812. The Morgan fingerprint density at radius 3 is 2.38 bits per heavy atom. The summed E-state index contributed by atoms with van der Waals surface area (Å²) in [6, 6.07) is 16.7. The Bertz CT molecular complexity index is 951. The summed E-state index contributed by atoms with van der Waals surface area (Å²) in [4.78, 5) is 21.0. The second-order valence-corrected chi connectivity index (χ2v) is 7.41. The molecule has 0 unspecified atom stereocenters. The van der Waals surface area contributed by atoms with Crippen LogP contribution in [0.4, 0.5) is 23.3 Å². The SMILES string of the molecule is CCN(c1cccc(C)c1)c1cc(C)nc(N2CCN(c3ccccn3)CC2)n1. The lowest BCUT2D eigenvalue weighted by Gasteiger charge is -2.35. The third-order valence-corrected chi connectivity index (χ3v) is 5.27. The van der Waals surface area contributed by atoms with Crippen LogP contribution in [0.5, 0.6) is 0 Å². The average molecular weight is 389 g/mol. The van der Waals surface area contributed by atoms with Crippen LogP contribution in [-0.2, 0) is 0 Å². The number of hydrogen-bond donors (Lipinski definition) is 0. The largest absolute Gasteiger partial charge is 0.353 e. The lowest BCUT2D eigenvalue weighted by Crippen LogP contribution is -2.47. The van der Waals surface area contributed by atoms with Crippen molar-refractivity contribution in [2.75, 3.05) is 47.4 Å². The normalized spacial score (nSPS) is 14.2. The van der Waals surface area contributed by atoms with E-state index in [1.54, 1.807) is 0 Å². The molecule has 0 atom stereocenters. The molecule has 0 saturated carbocycles. The van der Waals surface area contributed by atoms with Crippen LogP contribution < -0.4 is 14.7 Å². The van der Waals surface area contributed by atoms with Gasteiger partial charge in [-0.2, -0.15) is 4.98 Å². The molecule has 0 aliphatic carbocycles. The molecule has 1 saturated heterocycles. The van der Waals surface area contributed by atoms with Crippen molar-refractivity contribution in [3.63, 3.8) is 0 Å². The number of anilines is 4. The van der Waals surface area contributed by atoms with Gasteiger partial charge in [0.25, 0.3) is 0 Å². The first-order valence-electron chi connectivity index (χ1n) is 10.2. The Balaban J connectivity index is 1.54. The van der Waals surface area contributed by atoms with Crippen molar-refractivity contribution >= 4 is 23.3 Å². The van der Waals surface area contributed by atoms with Crippen LogP contribution in [0.15, 0.2) is 54.7 Å². The van der Waals surface area contributed by atoms with Gasteiger partial charge in [0.15, 0.2) is 0 Å². The fraction of sp³-hybridized carbons (Fsp3) is 0.348. The Morgan fingerprint density at radius 2 is 1.69 bits per heavy atom. The van der Waals surface area contributed by atoms with Crippen molar-refractivity contribution in [3.05, 3.63) is 66.0 Å². The van der Waals surface area contributed by atoms with E-state index in [1.165, 1.54) is 5.56 Å². The topological polar surface area (TPSA) is 48.4 Å². The summed E-state index contributed by atoms with van der Waals surface area (Å²) >= 11 is 0. The van der Waals surface area contributed by atoms with E-state index < -0.39 is 0 Å². The first-order valence-corrected chi connectivity index (χ1v) is 10.2. The van der Waals surface area contributed by atoms with Crippen molar-refractivity contribution in [1.29, 1.82) is 0 Å². The minimum atomic E-state index is 0.812. The van der Waals surface area contributed by atoms with Crippen molar-refractivity contribution in [2.24, 2.45) is 0 Å². The van der Waals surface area contributed by atoms with Crippen LogP contribution >= 0.6 is 0 Å². The molecule has 3 heterocycles. The molecule has 2 aromatic heterocycles. The molecule has 0 spiro atoms. The molecule has 0 radical (unpaired) electrons. The monoisotopic (exact) mass is 388 g/mol. The Labute approximate surface area is 172 Å². The van der Waals surface area contributed by atoms with Crippen LogP contribution in [0.3, 0.4) is 0 Å². The molecular formula is C23H28N6. The van der Waals surface area contributed by atoms with Crippen molar-refractivity contribution in [1.82, 2.24) is 15.0 Å². The molecule has 150 valence electrons. The van der Waals surface area contributed by atoms with Gasteiger partial charge in [0.1, 0.15) is 11.6 Å². The molecule has 1 aliphatic rings. The lowest BCUT2D eigenvalue weighted by atomic mass is 10.2. The van der Waals surface area contributed by atoms with E-state index in [2.05, 4.69) is 69.9 Å². The molecule has 0 bridgehead atoms. The molecular weight excluding hydrogens is 360 g/mol. The highest BCUT2D eigenvalue weighted by atomic mass is 15.3. The summed E-state index contributed by atoms with van der Waals surface area (Å²) < 4.78 is 0. The van der Waals surface area contributed by atoms with E-state index in [4.69, 9.17) is 9.97 Å². The van der Waals surface area contributed by atoms with E-state index >= 15 is 0 Å². The summed E-state index contributed by atoms with van der Waals surface area (Å²) in [5.74, 6) is 2.80. The quantitative estimate of drug-likeness (QED) is 0.659. The summed E-state index contributed by atoms with van der Waals surface area (Å²) in [6.07, 6.45) is 1.85. The second-order valence-electron chi connectivity index (χ2n) is 7.41. The number of pyridine rings is 1. The number of nitrogens with zero attached hydrogens (tertiary/aromatic N) is 6. The summed E-state index contributed by atoms with van der Waals surface area (Å²) in [5.41, 5.74) is 3.40. The molecule has 3 aromatic rings. The van der Waals surface area contributed by atoms with Gasteiger partial charge < -0.3 is 14.7 Å². The molecule has 1 aliphatic heterocycles. The second kappa shape index (κ2) is 8.47. The zero-order valence-corrected chi connectivity index (χ0v) is 17.4. The van der Waals surface area contributed by atoms with E-state index in [1.807, 2.05) is 25.3 Å². The highest BCUT2D eigenvalue weighted by Crippen LogP contribution is 2.27. The zero-order valence-electron chi connectivity index (χ0n) is 17.4. The van der Waals surface area contributed by atoms with Gasteiger partial charge in [-0.3, -0.25) is 0 Å². The Morgan fingerprint density at radius 1 is 0.897 bits per heavy atom. The van der Waals surface area contributed by atoms with Gasteiger partial charge in [0.2, 0.25) is 5.95 Å². The standard InChI is InChI=1S/C23H28N6/c1-4-29(20-9-7-8-18(2)16-20)22-17-19(3)25-23(26-22)28-14-12-27(13-15-28)21-10-5-6-11-24-21/h5-11,16-17H,4,12-15H2,1-3H3. The third kappa shape index (κ3) is 4.31. The molecule has 1 aromatic carbocycles. The Hall–Kier alpha value is -3.15. The van der Waals surface area contributed by atoms with Crippen LogP contribution in [0.1, 0.15) is 18.2 Å². The van der Waals surface area contributed by atoms with Gasteiger partial charge in [-0.25, -0.2) is 9.97 Å². The van der Waals surface area contributed by atoms with Gasteiger partial charge in [0, 0.05) is 56.4 Å². The summed E-state index contributed by atoms with van der Waals surface area (Å²) in [7, 11) is 0. The van der Waals surface area contributed by atoms with Gasteiger partial charge in [-0.05, 0) is 50.6 Å². The number of hydrogen-bond acceptors (Lipinski definition) is 6. The Kier molecular flexibility index (Phi) is 5.60. The maximum Gasteiger partial charge on any atom is 0.227 e. The summed E-state index contributed by atoms with van der Waals surface area (Å²) in [6.45, 7) is 10.8. The van der Waals surface area contributed by atoms with Crippen molar-refractivity contribution in [2.45, 2.75) is 20.8 Å². The van der Waals surface area contributed by atoms with Crippen molar-refractivity contribution < 1.29 is 0 Å². The minimum Gasteiger partial charge on any atom is -0.353 e. The van der Waals surface area contributed by atoms with Gasteiger partial charge in [-0.15, -0.1) is 0 Å². The van der Waals surface area contributed by atoms with Crippen LogP contribution in [0.25, 0.3) is 0 Å². The summed E-state index contributed by atoms with van der Waals surface area (Å²) in [5, 5.41) is 0. The maximum absolute atomic E-state index is 4.94. The first-order chi connectivity index (χ1) is 14.1. The van der Waals surface area contributed by atoms with E-state index in [0.29, 0.717) is 0 Å². The molecule has 0 N–H and O–H groups in total. The smallest absolute Gasteiger partial charge is 0.227 e. The molecule has 6 nitrogen and oxygen atoms in total. The number of aryl methyl sites for hydroxylation is 2. The van der Waals surface area contributed by atoms with E-state index in [9.17, 15) is 0 Å². The van der Waals surface area contributed by atoms with Gasteiger partial charge in [-0.1, -0.05) is 18.2 Å². The average Bonchev–Trinajstić information content (AvgIpc) is 2.75. The first kappa shape index (κ1) is 19.2. The zero-order chi connectivity index (χ0) is 20.2. The van der Waals surface area contributed by atoms with E-state index in [-0.39, 0.29) is 0 Å². The fourth-order valence-electron chi connectivity index (χ4n) is 3.77. The number of rotatable bonds is 5. The molecule has 1 fully saturated rings. The lowest BCUT2D eigenvalue weighted by molar-refractivity contribution is 0.633. The molecule has 29 heavy (non-hydrogen) atoms. The van der Waals surface area contributed by atoms with E-state index in [0.717, 1.165) is 61.7 Å². The highest BCUT2D eigenvalue weighted by molar-refractivity contribution is 5.62. The number of aromatic nitrogens is 3. The highest BCUT2D eigenvalue weighted by Gasteiger charge is 2.21. The van der Waals surface area contributed by atoms with Gasteiger partial charge in [0.05, 0.1) is 0 Å². The third-order valence-electron chi connectivity index (χ3n) is 5.27. The predicted octanol–water partition coefficient (Wildman–Crippen LogP) is 3.97. The van der Waals surface area contributed by atoms with Crippen molar-refractivity contribution in [3.8, 4) is 0 Å². The van der Waals surface area contributed by atoms with Crippen LogP contribution in [-0.4, -0.2) is 47.7 Å². The number of piperazine rings is 1.